The lowest BCUT2D eigenvalue weighted by molar-refractivity contribution is -0.348. The van der Waals surface area contributed by atoms with Crippen LogP contribution in [-0.4, -0.2) is 38.6 Å². The molecule has 0 radical (unpaired) electrons. The maximum absolute atomic E-state index is 14.4. The van der Waals surface area contributed by atoms with Gasteiger partial charge in [0, 0.05) is 22.7 Å². The summed E-state index contributed by atoms with van der Waals surface area (Å²) in [5, 5.41) is 15.9. The van der Waals surface area contributed by atoms with Crippen molar-refractivity contribution in [3.8, 4) is 22.3 Å². The molecule has 1 aromatic carbocycles. The summed E-state index contributed by atoms with van der Waals surface area (Å²) in [5.41, 5.74) is -8.41. The molecule has 0 unspecified atom stereocenters. The monoisotopic (exact) mass is 571 g/mol. The zero-order chi connectivity index (χ0) is 26.7. The van der Waals surface area contributed by atoms with Gasteiger partial charge in [0.05, 0.1) is 22.3 Å². The first-order valence-corrected chi connectivity index (χ1v) is 11.3. The number of nitriles is 1. The van der Waals surface area contributed by atoms with Crippen LogP contribution in [0.4, 0.5) is 30.7 Å². The number of amides is 1. The summed E-state index contributed by atoms with van der Waals surface area (Å²) < 4.78 is 93.9. The molecule has 1 fully saturated rings. The number of nitrogens with one attached hydrogen (secondary N) is 1. The number of hydrogen-bond acceptors (Lipinski definition) is 5. The van der Waals surface area contributed by atoms with Crippen LogP contribution >= 0.6 is 34.5 Å². The van der Waals surface area contributed by atoms with Crippen molar-refractivity contribution >= 4 is 40.4 Å². The highest BCUT2D eigenvalue weighted by molar-refractivity contribution is 7.13. The molecular weight excluding hydrogens is 562 g/mol. The van der Waals surface area contributed by atoms with Gasteiger partial charge in [0.15, 0.2) is 0 Å². The number of carbonyl (C=O) groups is 1. The van der Waals surface area contributed by atoms with Crippen LogP contribution < -0.4 is 5.32 Å². The molecule has 1 aliphatic rings. The first-order chi connectivity index (χ1) is 16.6. The van der Waals surface area contributed by atoms with Gasteiger partial charge in [0.1, 0.15) is 21.9 Å². The number of benzene rings is 1. The second kappa shape index (κ2) is 8.60. The highest BCUT2D eigenvalue weighted by Gasteiger charge is 2.73. The van der Waals surface area contributed by atoms with Crippen molar-refractivity contribution in [3.05, 3.63) is 51.2 Å². The summed E-state index contributed by atoms with van der Waals surface area (Å²) in [5.74, 6) is -0.561. The number of carbonyl (C=O) groups excluding carboxylic acids is 1. The van der Waals surface area contributed by atoms with E-state index in [1.165, 1.54) is 17.8 Å². The second-order valence-corrected chi connectivity index (χ2v) is 9.47. The SMILES string of the molecule is N#CC1(NC(=O)c2csc(-c3cnn(-c4c(Cl)cc(C(F)(C(F)(F)F)C(F)(F)F)cc4Cl)c3)n2)CC1. The van der Waals surface area contributed by atoms with E-state index >= 15 is 0 Å². The maximum Gasteiger partial charge on any atom is 0.435 e. The molecule has 1 amide bonds. The van der Waals surface area contributed by atoms with E-state index in [0.717, 1.165) is 16.0 Å². The minimum absolute atomic E-state index is 0.0308. The minimum atomic E-state index is -6.33. The van der Waals surface area contributed by atoms with Gasteiger partial charge < -0.3 is 5.32 Å². The van der Waals surface area contributed by atoms with Gasteiger partial charge in [0.2, 0.25) is 0 Å². The molecule has 0 aliphatic heterocycles. The molecule has 0 atom stereocenters. The topological polar surface area (TPSA) is 83.6 Å². The van der Waals surface area contributed by atoms with Crippen molar-refractivity contribution in [2.75, 3.05) is 0 Å². The van der Waals surface area contributed by atoms with Gasteiger partial charge in [0.25, 0.3) is 5.91 Å². The first kappa shape index (κ1) is 26.2. The molecule has 16 heteroatoms. The Morgan fingerprint density at radius 1 is 1.11 bits per heavy atom. The maximum atomic E-state index is 14.4. The molecule has 190 valence electrons. The van der Waals surface area contributed by atoms with E-state index in [1.807, 2.05) is 6.07 Å². The largest absolute Gasteiger partial charge is 0.435 e. The van der Waals surface area contributed by atoms with Crippen LogP contribution in [0, 0.1) is 11.3 Å². The quantitative estimate of drug-likeness (QED) is 0.360. The molecule has 4 rings (SSSR count). The standard InChI is InChI=1S/C20H10Cl2F7N5OS/c21-11-3-10(18(23,19(24,25)26)20(27,28)29)4-12(22)14(11)34-6-9(5-31-34)16-32-13(7-36-16)15(35)33-17(8-30)1-2-17/h3-7H,1-2H2,(H,33,35). The van der Waals surface area contributed by atoms with Gasteiger partial charge in [-0.15, -0.1) is 11.3 Å². The van der Waals surface area contributed by atoms with Gasteiger partial charge in [-0.2, -0.15) is 36.7 Å². The Balaban J connectivity index is 1.65. The van der Waals surface area contributed by atoms with E-state index < -0.39 is 45.1 Å². The van der Waals surface area contributed by atoms with E-state index in [9.17, 15) is 35.5 Å². The fraction of sp³-hybridized carbons (Fsp3) is 0.300. The Hall–Kier alpha value is -2.89. The normalized spacial score (nSPS) is 15.4. The van der Waals surface area contributed by atoms with Crippen LogP contribution in [0.25, 0.3) is 16.3 Å². The highest BCUT2D eigenvalue weighted by atomic mass is 35.5. The summed E-state index contributed by atoms with van der Waals surface area (Å²) in [4.78, 5) is 16.5. The summed E-state index contributed by atoms with van der Waals surface area (Å²) in [6.45, 7) is 0. The van der Waals surface area contributed by atoms with Crippen molar-refractivity contribution in [2.24, 2.45) is 0 Å². The van der Waals surface area contributed by atoms with Crippen LogP contribution in [0.1, 0.15) is 28.9 Å². The van der Waals surface area contributed by atoms with E-state index in [1.54, 1.807) is 0 Å². The van der Waals surface area contributed by atoms with Crippen LogP contribution in [0.15, 0.2) is 29.9 Å². The molecule has 3 aromatic rings. The molecule has 0 saturated heterocycles. The van der Waals surface area contributed by atoms with Crippen molar-refractivity contribution in [1.82, 2.24) is 20.1 Å². The predicted molar refractivity (Wildman–Crippen MR) is 115 cm³/mol. The van der Waals surface area contributed by atoms with Crippen molar-refractivity contribution in [2.45, 2.75) is 36.4 Å². The Morgan fingerprint density at radius 3 is 2.19 bits per heavy atom. The first-order valence-electron chi connectivity index (χ1n) is 9.68. The van der Waals surface area contributed by atoms with E-state index in [4.69, 9.17) is 28.5 Å². The average Bonchev–Trinajstić information content (AvgIpc) is 3.15. The van der Waals surface area contributed by atoms with Crippen molar-refractivity contribution in [1.29, 1.82) is 5.26 Å². The number of nitrogens with zero attached hydrogens (tertiary/aromatic N) is 4. The minimum Gasteiger partial charge on any atom is -0.332 e. The predicted octanol–water partition coefficient (Wildman–Crippen LogP) is 6.38. The zero-order valence-electron chi connectivity index (χ0n) is 17.3. The molecule has 1 N–H and O–H groups in total. The molecule has 0 bridgehead atoms. The lowest BCUT2D eigenvalue weighted by Crippen LogP contribution is -2.50. The van der Waals surface area contributed by atoms with Crippen LogP contribution in [0.2, 0.25) is 10.0 Å². The number of hydrogen-bond donors (Lipinski definition) is 1. The highest BCUT2D eigenvalue weighted by Crippen LogP contribution is 2.54. The zero-order valence-corrected chi connectivity index (χ0v) is 19.6. The van der Waals surface area contributed by atoms with E-state index in [0.29, 0.717) is 18.4 Å². The van der Waals surface area contributed by atoms with Gasteiger partial charge in [-0.25, -0.2) is 14.1 Å². The molecule has 1 saturated carbocycles. The van der Waals surface area contributed by atoms with E-state index in [-0.39, 0.29) is 28.5 Å². The van der Waals surface area contributed by atoms with Crippen molar-refractivity contribution < 1.29 is 35.5 Å². The van der Waals surface area contributed by atoms with E-state index in [2.05, 4.69) is 15.4 Å². The Kier molecular flexibility index (Phi) is 6.26. The number of aromatic nitrogens is 3. The number of rotatable bonds is 5. The number of halogens is 9. The molecular formula is C20H10Cl2F7N5OS. The van der Waals surface area contributed by atoms with Crippen molar-refractivity contribution in [3.63, 3.8) is 0 Å². The molecule has 2 heterocycles. The Morgan fingerprint density at radius 2 is 1.69 bits per heavy atom. The lowest BCUT2D eigenvalue weighted by atomic mass is 9.94. The molecule has 0 spiro atoms. The van der Waals surface area contributed by atoms with Crippen LogP contribution in [0.3, 0.4) is 0 Å². The smallest absolute Gasteiger partial charge is 0.332 e. The van der Waals surface area contributed by atoms with Crippen LogP contribution in [-0.2, 0) is 5.67 Å². The molecule has 2 aromatic heterocycles. The lowest BCUT2D eigenvalue weighted by Gasteiger charge is -2.30. The van der Waals surface area contributed by atoms with Gasteiger partial charge >= 0.3 is 18.0 Å². The molecule has 1 aliphatic carbocycles. The molecule has 36 heavy (non-hydrogen) atoms. The van der Waals surface area contributed by atoms with Gasteiger partial charge in [-0.3, -0.25) is 4.79 Å². The Labute approximate surface area is 211 Å². The fourth-order valence-corrected chi connectivity index (χ4v) is 4.64. The molecule has 6 nitrogen and oxygen atoms in total. The third-order valence-electron chi connectivity index (χ3n) is 5.31. The number of thiazole rings is 1. The number of alkyl halides is 7. The average molecular weight is 572 g/mol. The van der Waals surface area contributed by atoms with Gasteiger partial charge in [-0.05, 0) is 25.0 Å². The summed E-state index contributed by atoms with van der Waals surface area (Å²) in [7, 11) is 0. The summed E-state index contributed by atoms with van der Waals surface area (Å²) in [6, 6.07) is 2.37. The summed E-state index contributed by atoms with van der Waals surface area (Å²) >= 11 is 12.9. The third-order valence-corrected chi connectivity index (χ3v) is 6.78. The second-order valence-electron chi connectivity index (χ2n) is 7.80. The van der Waals surface area contributed by atoms with Gasteiger partial charge in [-0.1, -0.05) is 23.2 Å². The fourth-order valence-electron chi connectivity index (χ4n) is 3.21. The third kappa shape index (κ3) is 4.39. The Bertz CT molecular complexity index is 1350. The van der Waals surface area contributed by atoms with Crippen LogP contribution in [0.5, 0.6) is 0 Å². The summed E-state index contributed by atoms with van der Waals surface area (Å²) in [6.07, 6.45) is -9.12.